The van der Waals surface area contributed by atoms with Crippen LogP contribution in [-0.2, 0) is 16.1 Å². The molecule has 0 bridgehead atoms. The molecule has 0 heterocycles. The van der Waals surface area contributed by atoms with E-state index in [0.29, 0.717) is 13.2 Å². The van der Waals surface area contributed by atoms with Crippen LogP contribution in [0.2, 0.25) is 0 Å². The van der Waals surface area contributed by atoms with Crippen LogP contribution in [0.3, 0.4) is 0 Å². The van der Waals surface area contributed by atoms with Crippen LogP contribution in [0.1, 0.15) is 5.56 Å². The predicted octanol–water partition coefficient (Wildman–Crippen LogP) is 1.58. The first-order chi connectivity index (χ1) is 9.06. The van der Waals surface area contributed by atoms with Crippen LogP contribution in [0, 0.1) is 11.6 Å². The number of benzene rings is 1. The van der Waals surface area contributed by atoms with Crippen molar-refractivity contribution >= 4 is 21.8 Å². The molecule has 2 N–H and O–H groups in total. The molecule has 7 heteroatoms. The normalized spacial score (nSPS) is 10.5. The predicted molar refractivity (Wildman–Crippen MR) is 70.7 cm³/mol. The first-order valence-electron chi connectivity index (χ1n) is 5.65. The fourth-order valence-corrected chi connectivity index (χ4v) is 1.76. The molecule has 0 spiro atoms. The van der Waals surface area contributed by atoms with Gasteiger partial charge in [-0.1, -0.05) is 0 Å². The monoisotopic (exact) mass is 336 g/mol. The highest BCUT2D eigenvalue weighted by Gasteiger charge is 2.12. The Morgan fingerprint density at radius 2 is 2.16 bits per heavy atom. The quantitative estimate of drug-likeness (QED) is 0.587. The lowest BCUT2D eigenvalue weighted by Crippen LogP contribution is -2.35. The summed E-state index contributed by atoms with van der Waals surface area (Å²) in [5, 5.41) is 5.27. The highest BCUT2D eigenvalue weighted by molar-refractivity contribution is 9.10. The minimum Gasteiger partial charge on any atom is -0.383 e. The number of hydrogen-bond donors (Lipinski definition) is 2. The van der Waals surface area contributed by atoms with E-state index >= 15 is 0 Å². The van der Waals surface area contributed by atoms with Crippen molar-refractivity contribution in [1.82, 2.24) is 10.6 Å². The lowest BCUT2D eigenvalue weighted by atomic mass is 10.2. The molecule has 106 valence electrons. The van der Waals surface area contributed by atoms with Crippen molar-refractivity contribution in [3.05, 3.63) is 33.8 Å². The zero-order valence-electron chi connectivity index (χ0n) is 10.4. The van der Waals surface area contributed by atoms with Gasteiger partial charge in [-0.25, -0.2) is 8.78 Å². The van der Waals surface area contributed by atoms with Gasteiger partial charge in [0.25, 0.3) is 0 Å². The molecule has 1 aromatic carbocycles. The number of halogens is 3. The number of carbonyl (C=O) groups excluding carboxylic acids is 1. The lowest BCUT2D eigenvalue weighted by molar-refractivity contribution is -0.120. The molecule has 19 heavy (non-hydrogen) atoms. The van der Waals surface area contributed by atoms with Gasteiger partial charge in [0, 0.05) is 25.8 Å². The Labute approximate surface area is 118 Å². The zero-order valence-corrected chi connectivity index (χ0v) is 12.0. The second-order valence-corrected chi connectivity index (χ2v) is 4.62. The third-order valence-corrected chi connectivity index (χ3v) is 2.97. The van der Waals surface area contributed by atoms with Crippen LogP contribution in [0.25, 0.3) is 0 Å². The summed E-state index contributed by atoms with van der Waals surface area (Å²) in [6, 6.07) is 2.47. The average Bonchev–Trinajstić information content (AvgIpc) is 2.38. The first kappa shape index (κ1) is 16.0. The van der Waals surface area contributed by atoms with Gasteiger partial charge in [0.05, 0.1) is 17.6 Å². The zero-order chi connectivity index (χ0) is 14.3. The summed E-state index contributed by atoms with van der Waals surface area (Å²) >= 11 is 2.98. The molecular formula is C12H15BrF2N2O2. The summed E-state index contributed by atoms with van der Waals surface area (Å²) < 4.78 is 31.9. The molecular weight excluding hydrogens is 322 g/mol. The molecule has 1 rings (SSSR count). The van der Waals surface area contributed by atoms with E-state index < -0.39 is 11.6 Å². The second-order valence-electron chi connectivity index (χ2n) is 3.77. The van der Waals surface area contributed by atoms with E-state index in [1.807, 2.05) is 0 Å². The number of amides is 1. The number of hydrogen-bond acceptors (Lipinski definition) is 3. The Balaban J connectivity index is 2.41. The molecule has 0 atom stereocenters. The van der Waals surface area contributed by atoms with Gasteiger partial charge in [0.15, 0.2) is 0 Å². The second kappa shape index (κ2) is 8.19. The Kier molecular flexibility index (Phi) is 6.90. The standard InChI is InChI=1S/C12H15BrF2N2O2/c1-19-5-4-17-11(18)7-16-6-8-10(14)3-2-9(13)12(8)15/h2-3,16H,4-7H2,1H3,(H,17,18). The summed E-state index contributed by atoms with van der Waals surface area (Å²) in [6.07, 6.45) is 0. The Hall–Kier alpha value is -1.05. The Morgan fingerprint density at radius 3 is 2.84 bits per heavy atom. The topological polar surface area (TPSA) is 50.4 Å². The summed E-state index contributed by atoms with van der Waals surface area (Å²) in [7, 11) is 1.53. The number of ether oxygens (including phenoxy) is 1. The minimum absolute atomic E-state index is 0.0187. The van der Waals surface area contributed by atoms with E-state index in [1.54, 1.807) is 0 Å². The SMILES string of the molecule is COCCNC(=O)CNCc1c(F)ccc(Br)c1F. The molecule has 0 saturated carbocycles. The smallest absolute Gasteiger partial charge is 0.234 e. The highest BCUT2D eigenvalue weighted by Crippen LogP contribution is 2.21. The van der Waals surface area contributed by atoms with Crippen LogP contribution < -0.4 is 10.6 Å². The van der Waals surface area contributed by atoms with Gasteiger partial charge in [0.2, 0.25) is 5.91 Å². The van der Waals surface area contributed by atoms with Gasteiger partial charge in [-0.15, -0.1) is 0 Å². The lowest BCUT2D eigenvalue weighted by Gasteiger charge is -2.08. The fraction of sp³-hybridized carbons (Fsp3) is 0.417. The van der Waals surface area contributed by atoms with Crippen LogP contribution in [0.15, 0.2) is 16.6 Å². The van der Waals surface area contributed by atoms with Gasteiger partial charge < -0.3 is 15.4 Å². The molecule has 0 fully saturated rings. The van der Waals surface area contributed by atoms with Crippen molar-refractivity contribution in [3.8, 4) is 0 Å². The summed E-state index contributed by atoms with van der Waals surface area (Å²) in [5.41, 5.74) is -0.0981. The van der Waals surface area contributed by atoms with Crippen LogP contribution in [0.5, 0.6) is 0 Å². The minimum atomic E-state index is -0.660. The van der Waals surface area contributed by atoms with E-state index in [2.05, 4.69) is 26.6 Å². The van der Waals surface area contributed by atoms with E-state index in [1.165, 1.54) is 19.2 Å². The van der Waals surface area contributed by atoms with E-state index in [0.717, 1.165) is 0 Å². The third kappa shape index (κ3) is 5.22. The molecule has 4 nitrogen and oxygen atoms in total. The number of nitrogens with one attached hydrogen (secondary N) is 2. The third-order valence-electron chi connectivity index (χ3n) is 2.35. The van der Waals surface area contributed by atoms with Crippen molar-refractivity contribution in [2.45, 2.75) is 6.54 Å². The van der Waals surface area contributed by atoms with E-state index in [4.69, 9.17) is 4.74 Å². The summed E-state index contributed by atoms with van der Waals surface area (Å²) in [5.74, 6) is -1.56. The molecule has 0 aromatic heterocycles. The molecule has 0 aliphatic rings. The van der Waals surface area contributed by atoms with Crippen molar-refractivity contribution in [2.75, 3.05) is 26.8 Å². The number of carbonyl (C=O) groups is 1. The molecule has 1 aromatic rings. The molecule has 0 radical (unpaired) electrons. The van der Waals surface area contributed by atoms with Gasteiger partial charge in [-0.3, -0.25) is 4.79 Å². The molecule has 1 amide bonds. The van der Waals surface area contributed by atoms with E-state index in [-0.39, 0.29) is 29.0 Å². The van der Waals surface area contributed by atoms with Crippen molar-refractivity contribution in [1.29, 1.82) is 0 Å². The molecule has 0 aliphatic heterocycles. The van der Waals surface area contributed by atoms with Crippen LogP contribution in [0.4, 0.5) is 8.78 Å². The molecule has 0 unspecified atom stereocenters. The Bertz CT molecular complexity index is 444. The number of methoxy groups -OCH3 is 1. The maximum absolute atomic E-state index is 13.6. The van der Waals surface area contributed by atoms with Crippen molar-refractivity contribution < 1.29 is 18.3 Å². The average molecular weight is 337 g/mol. The first-order valence-corrected chi connectivity index (χ1v) is 6.44. The summed E-state index contributed by atoms with van der Waals surface area (Å²) in [6.45, 7) is 0.737. The van der Waals surface area contributed by atoms with Crippen LogP contribution >= 0.6 is 15.9 Å². The van der Waals surface area contributed by atoms with Crippen LogP contribution in [-0.4, -0.2) is 32.7 Å². The van der Waals surface area contributed by atoms with Crippen molar-refractivity contribution in [3.63, 3.8) is 0 Å². The van der Waals surface area contributed by atoms with Crippen molar-refractivity contribution in [2.24, 2.45) is 0 Å². The van der Waals surface area contributed by atoms with Gasteiger partial charge in [0.1, 0.15) is 11.6 Å². The summed E-state index contributed by atoms with van der Waals surface area (Å²) in [4.78, 5) is 11.3. The van der Waals surface area contributed by atoms with Gasteiger partial charge >= 0.3 is 0 Å². The Morgan fingerprint density at radius 1 is 1.42 bits per heavy atom. The van der Waals surface area contributed by atoms with Gasteiger partial charge in [-0.2, -0.15) is 0 Å². The molecule has 0 saturated heterocycles. The maximum Gasteiger partial charge on any atom is 0.234 e. The fourth-order valence-electron chi connectivity index (χ4n) is 1.39. The number of rotatable bonds is 7. The largest absolute Gasteiger partial charge is 0.383 e. The molecule has 0 aliphatic carbocycles. The highest BCUT2D eigenvalue weighted by atomic mass is 79.9. The van der Waals surface area contributed by atoms with Gasteiger partial charge in [-0.05, 0) is 28.1 Å². The maximum atomic E-state index is 13.6. The van der Waals surface area contributed by atoms with E-state index in [9.17, 15) is 13.6 Å².